The van der Waals surface area contributed by atoms with E-state index in [0.29, 0.717) is 12.1 Å². The van der Waals surface area contributed by atoms with Crippen molar-refractivity contribution < 1.29 is 4.21 Å². The Balaban J connectivity index is 1.65. The molecule has 1 aliphatic carbocycles. The molecule has 1 aromatic heterocycles. The molecule has 2 heterocycles. The minimum Gasteiger partial charge on any atom is -0.307 e. The maximum Gasteiger partial charge on any atom is 0.0333 e. The molecular formula is C13H19NOS2. The Bertz CT molecular complexity index is 405. The molecule has 94 valence electrons. The van der Waals surface area contributed by atoms with Crippen molar-refractivity contribution in [3.63, 3.8) is 0 Å². The van der Waals surface area contributed by atoms with Crippen LogP contribution in [0.25, 0.3) is 0 Å². The van der Waals surface area contributed by atoms with E-state index < -0.39 is 10.8 Å². The zero-order valence-electron chi connectivity index (χ0n) is 9.98. The Morgan fingerprint density at radius 3 is 2.94 bits per heavy atom. The van der Waals surface area contributed by atoms with Crippen molar-refractivity contribution in [2.45, 2.75) is 44.2 Å². The van der Waals surface area contributed by atoms with Crippen LogP contribution in [-0.4, -0.2) is 21.8 Å². The number of hydrogen-bond acceptors (Lipinski definition) is 3. The molecule has 17 heavy (non-hydrogen) atoms. The maximum absolute atomic E-state index is 11.3. The topological polar surface area (TPSA) is 29.1 Å². The lowest BCUT2D eigenvalue weighted by Gasteiger charge is -2.30. The number of hydrogen-bond donors (Lipinski definition) is 1. The fourth-order valence-electron chi connectivity index (χ4n) is 2.90. The monoisotopic (exact) mass is 269 g/mol. The highest BCUT2D eigenvalue weighted by atomic mass is 32.2. The van der Waals surface area contributed by atoms with Gasteiger partial charge in [0.05, 0.1) is 0 Å². The summed E-state index contributed by atoms with van der Waals surface area (Å²) in [5, 5.41) is 6.02. The summed E-state index contributed by atoms with van der Waals surface area (Å²) >= 11 is 1.90. The molecule has 0 bridgehead atoms. The molecule has 1 unspecified atom stereocenters. The second-order valence-corrected chi connectivity index (χ2v) is 7.73. The van der Waals surface area contributed by atoms with Crippen LogP contribution in [-0.2, 0) is 17.2 Å². The van der Waals surface area contributed by atoms with E-state index in [-0.39, 0.29) is 0 Å². The van der Waals surface area contributed by atoms with Gasteiger partial charge in [-0.1, -0.05) is 0 Å². The van der Waals surface area contributed by atoms with Crippen LogP contribution in [0.1, 0.15) is 42.2 Å². The van der Waals surface area contributed by atoms with Gasteiger partial charge in [0.2, 0.25) is 0 Å². The van der Waals surface area contributed by atoms with Crippen LogP contribution in [0.4, 0.5) is 0 Å². The first-order valence-corrected chi connectivity index (χ1v) is 8.87. The predicted octanol–water partition coefficient (Wildman–Crippen LogP) is 2.63. The predicted molar refractivity (Wildman–Crippen MR) is 74.0 cm³/mol. The SMILES string of the molecule is O=S1CCC(NC2CCCc3sccc32)CC1. The van der Waals surface area contributed by atoms with E-state index in [2.05, 4.69) is 16.8 Å². The summed E-state index contributed by atoms with van der Waals surface area (Å²) in [6.45, 7) is 0. The fourth-order valence-corrected chi connectivity index (χ4v) is 5.19. The summed E-state index contributed by atoms with van der Waals surface area (Å²) in [5.74, 6) is 1.78. The largest absolute Gasteiger partial charge is 0.307 e. The summed E-state index contributed by atoms with van der Waals surface area (Å²) in [7, 11) is -0.543. The second kappa shape index (κ2) is 5.21. The Morgan fingerprint density at radius 2 is 2.12 bits per heavy atom. The quantitative estimate of drug-likeness (QED) is 0.894. The summed E-state index contributed by atoms with van der Waals surface area (Å²) in [4.78, 5) is 1.58. The zero-order valence-corrected chi connectivity index (χ0v) is 11.6. The van der Waals surface area contributed by atoms with E-state index in [9.17, 15) is 4.21 Å². The van der Waals surface area contributed by atoms with Crippen LogP contribution in [0, 0.1) is 0 Å². The average molecular weight is 269 g/mol. The van der Waals surface area contributed by atoms with Crippen LogP contribution in [0.2, 0.25) is 0 Å². The number of rotatable bonds is 2. The fraction of sp³-hybridized carbons (Fsp3) is 0.692. The summed E-state index contributed by atoms with van der Waals surface area (Å²) in [6.07, 6.45) is 6.01. The molecule has 1 saturated heterocycles. The molecule has 0 aromatic carbocycles. The molecule has 0 amide bonds. The van der Waals surface area contributed by atoms with Crippen molar-refractivity contribution in [3.05, 3.63) is 21.9 Å². The molecule has 3 rings (SSSR count). The first-order valence-electron chi connectivity index (χ1n) is 6.50. The molecule has 1 N–H and O–H groups in total. The van der Waals surface area contributed by atoms with Gasteiger partial charge >= 0.3 is 0 Å². The van der Waals surface area contributed by atoms with Crippen molar-refractivity contribution in [2.75, 3.05) is 11.5 Å². The van der Waals surface area contributed by atoms with Gasteiger partial charge in [-0.25, -0.2) is 0 Å². The number of thiophene rings is 1. The van der Waals surface area contributed by atoms with Gasteiger partial charge in [-0.3, -0.25) is 4.21 Å². The highest BCUT2D eigenvalue weighted by Crippen LogP contribution is 2.34. The lowest BCUT2D eigenvalue weighted by atomic mass is 9.93. The minimum atomic E-state index is -0.543. The van der Waals surface area contributed by atoms with Crippen LogP contribution in [0.3, 0.4) is 0 Å². The van der Waals surface area contributed by atoms with Crippen molar-refractivity contribution in [1.29, 1.82) is 0 Å². The van der Waals surface area contributed by atoms with Gasteiger partial charge in [0.15, 0.2) is 0 Å². The lowest BCUT2D eigenvalue weighted by Crippen LogP contribution is -2.38. The van der Waals surface area contributed by atoms with Crippen molar-refractivity contribution in [1.82, 2.24) is 5.32 Å². The molecule has 1 atom stereocenters. The van der Waals surface area contributed by atoms with Gasteiger partial charge in [0.1, 0.15) is 0 Å². The molecule has 0 saturated carbocycles. The molecule has 1 fully saturated rings. The van der Waals surface area contributed by atoms with E-state index in [1.165, 1.54) is 24.8 Å². The maximum atomic E-state index is 11.3. The Hall–Kier alpha value is -0.190. The molecular weight excluding hydrogens is 250 g/mol. The van der Waals surface area contributed by atoms with Crippen LogP contribution in [0.5, 0.6) is 0 Å². The Kier molecular flexibility index (Phi) is 3.64. The van der Waals surface area contributed by atoms with Gasteiger partial charge in [-0.2, -0.15) is 0 Å². The van der Waals surface area contributed by atoms with Crippen molar-refractivity contribution in [2.24, 2.45) is 0 Å². The van der Waals surface area contributed by atoms with Crippen molar-refractivity contribution >= 4 is 22.1 Å². The average Bonchev–Trinajstić information content (AvgIpc) is 2.81. The summed E-state index contributed by atoms with van der Waals surface area (Å²) < 4.78 is 11.3. The molecule has 1 aliphatic heterocycles. The summed E-state index contributed by atoms with van der Waals surface area (Å²) in [6, 6.07) is 3.43. The highest BCUT2D eigenvalue weighted by molar-refractivity contribution is 7.85. The Labute approximate surface area is 109 Å². The van der Waals surface area contributed by atoms with Crippen LogP contribution >= 0.6 is 11.3 Å². The molecule has 2 aliphatic rings. The standard InChI is InChI=1S/C13H19NOS2/c15-17-8-5-10(6-9-17)14-12-2-1-3-13-11(12)4-7-16-13/h4,7,10,12,14H,1-3,5-6,8-9H2. The highest BCUT2D eigenvalue weighted by Gasteiger charge is 2.25. The normalized spacial score (nSPS) is 33.3. The van der Waals surface area contributed by atoms with E-state index in [0.717, 1.165) is 24.3 Å². The second-order valence-electron chi connectivity index (χ2n) is 5.03. The lowest BCUT2D eigenvalue weighted by molar-refractivity contribution is 0.378. The van der Waals surface area contributed by atoms with Crippen LogP contribution < -0.4 is 5.32 Å². The van der Waals surface area contributed by atoms with Gasteiger partial charge in [0, 0.05) is 39.3 Å². The van der Waals surface area contributed by atoms with E-state index in [1.807, 2.05) is 11.3 Å². The van der Waals surface area contributed by atoms with E-state index >= 15 is 0 Å². The first-order chi connectivity index (χ1) is 8.33. The van der Waals surface area contributed by atoms with Gasteiger partial charge in [0.25, 0.3) is 0 Å². The molecule has 2 nitrogen and oxygen atoms in total. The minimum absolute atomic E-state index is 0.543. The number of nitrogens with one attached hydrogen (secondary N) is 1. The van der Waals surface area contributed by atoms with Crippen molar-refractivity contribution in [3.8, 4) is 0 Å². The van der Waals surface area contributed by atoms with Gasteiger partial charge < -0.3 is 5.32 Å². The molecule has 0 radical (unpaired) electrons. The first kappa shape index (κ1) is 11.9. The third kappa shape index (κ3) is 2.64. The van der Waals surface area contributed by atoms with Crippen LogP contribution in [0.15, 0.2) is 11.4 Å². The third-order valence-electron chi connectivity index (χ3n) is 3.88. The number of fused-ring (bicyclic) bond motifs is 1. The van der Waals surface area contributed by atoms with E-state index in [4.69, 9.17) is 0 Å². The zero-order chi connectivity index (χ0) is 11.7. The molecule has 4 heteroatoms. The third-order valence-corrected chi connectivity index (χ3v) is 6.26. The number of aryl methyl sites for hydroxylation is 1. The molecule has 1 aromatic rings. The molecule has 0 spiro atoms. The smallest absolute Gasteiger partial charge is 0.0333 e. The van der Waals surface area contributed by atoms with E-state index in [1.54, 1.807) is 4.88 Å². The van der Waals surface area contributed by atoms with Gasteiger partial charge in [-0.05, 0) is 49.1 Å². The Morgan fingerprint density at radius 1 is 1.29 bits per heavy atom. The summed E-state index contributed by atoms with van der Waals surface area (Å²) in [5.41, 5.74) is 1.54. The van der Waals surface area contributed by atoms with Gasteiger partial charge in [-0.15, -0.1) is 11.3 Å².